The molecule has 0 atom stereocenters. The van der Waals surface area contributed by atoms with Crippen molar-refractivity contribution in [3.05, 3.63) is 41.3 Å². The van der Waals surface area contributed by atoms with Crippen LogP contribution in [0.3, 0.4) is 0 Å². The zero-order valence-electron chi connectivity index (χ0n) is 14.1. The van der Waals surface area contributed by atoms with Crippen molar-refractivity contribution < 1.29 is 18.7 Å². The van der Waals surface area contributed by atoms with Crippen LogP contribution in [0.2, 0.25) is 0 Å². The van der Waals surface area contributed by atoms with Crippen LogP contribution < -0.4 is 4.74 Å². The first-order valence-corrected chi connectivity index (χ1v) is 7.86. The molecule has 0 radical (unpaired) electrons. The highest BCUT2D eigenvalue weighted by molar-refractivity contribution is 5.81. The minimum atomic E-state index is -0.495. The Labute approximate surface area is 136 Å². The van der Waals surface area contributed by atoms with Crippen molar-refractivity contribution in [3.63, 3.8) is 0 Å². The van der Waals surface area contributed by atoms with Gasteiger partial charge in [0.15, 0.2) is 0 Å². The summed E-state index contributed by atoms with van der Waals surface area (Å²) in [6.07, 6.45) is 3.80. The number of hydrogen-bond acceptors (Lipinski definition) is 4. The van der Waals surface area contributed by atoms with Crippen molar-refractivity contribution in [3.8, 4) is 16.9 Å². The molecular weight excluding hydrogens is 292 g/mol. The molecule has 1 heterocycles. The molecule has 0 bridgehead atoms. The molecule has 1 aromatic heterocycles. The molecular formula is C19H22O4. The standard InChI is InChI=1S/C19H22O4/c1-19(2,3)23-17(20)10-16-18-13(11-22-16)6-5-12-7-8-14(21-4)9-15(12)18/h7-9,11H,5-6,10H2,1-4H3. The largest absolute Gasteiger partial charge is 0.497 e. The van der Waals surface area contributed by atoms with E-state index in [2.05, 4.69) is 6.07 Å². The average Bonchev–Trinajstić information content (AvgIpc) is 2.88. The van der Waals surface area contributed by atoms with Crippen LogP contribution in [-0.4, -0.2) is 18.7 Å². The summed E-state index contributed by atoms with van der Waals surface area (Å²) < 4.78 is 16.4. The van der Waals surface area contributed by atoms with E-state index in [9.17, 15) is 4.79 Å². The Hall–Kier alpha value is -2.23. The van der Waals surface area contributed by atoms with E-state index in [-0.39, 0.29) is 12.4 Å². The first-order valence-electron chi connectivity index (χ1n) is 7.86. The fourth-order valence-corrected chi connectivity index (χ4v) is 2.99. The predicted octanol–water partition coefficient (Wildman–Crippen LogP) is 3.94. The van der Waals surface area contributed by atoms with Crippen LogP contribution in [0.25, 0.3) is 11.1 Å². The fourth-order valence-electron chi connectivity index (χ4n) is 2.99. The first kappa shape index (κ1) is 15.7. The van der Waals surface area contributed by atoms with Gasteiger partial charge in [0.25, 0.3) is 0 Å². The minimum Gasteiger partial charge on any atom is -0.497 e. The molecule has 4 heteroatoms. The lowest BCUT2D eigenvalue weighted by Crippen LogP contribution is -2.25. The van der Waals surface area contributed by atoms with Crippen LogP contribution in [-0.2, 0) is 28.8 Å². The maximum atomic E-state index is 12.1. The van der Waals surface area contributed by atoms with Crippen LogP contribution in [0.1, 0.15) is 37.7 Å². The Morgan fingerprint density at radius 1 is 1.22 bits per heavy atom. The SMILES string of the molecule is COc1ccc2c(c1)-c1c(coc1CC(=O)OC(C)(C)C)CC2. The predicted molar refractivity (Wildman–Crippen MR) is 87.7 cm³/mol. The van der Waals surface area contributed by atoms with E-state index in [1.165, 1.54) is 5.56 Å². The highest BCUT2D eigenvalue weighted by atomic mass is 16.6. The van der Waals surface area contributed by atoms with Gasteiger partial charge in [-0.25, -0.2) is 0 Å². The molecule has 0 fully saturated rings. The summed E-state index contributed by atoms with van der Waals surface area (Å²) in [6.45, 7) is 5.59. The van der Waals surface area contributed by atoms with Crippen molar-refractivity contribution in [1.82, 2.24) is 0 Å². The van der Waals surface area contributed by atoms with Crippen molar-refractivity contribution in [2.45, 2.75) is 45.6 Å². The molecule has 0 saturated heterocycles. The van der Waals surface area contributed by atoms with E-state index in [0.29, 0.717) is 5.76 Å². The maximum Gasteiger partial charge on any atom is 0.314 e. The van der Waals surface area contributed by atoms with Crippen LogP contribution in [0.15, 0.2) is 28.9 Å². The molecule has 0 spiro atoms. The molecule has 1 aromatic carbocycles. The number of hydrogen-bond donors (Lipinski definition) is 0. The van der Waals surface area contributed by atoms with Crippen LogP contribution >= 0.6 is 0 Å². The molecule has 0 unspecified atom stereocenters. The molecule has 1 aliphatic carbocycles. The van der Waals surface area contributed by atoms with Crippen molar-refractivity contribution >= 4 is 5.97 Å². The Balaban J connectivity index is 1.94. The topological polar surface area (TPSA) is 48.7 Å². The maximum absolute atomic E-state index is 12.1. The van der Waals surface area contributed by atoms with E-state index in [0.717, 1.165) is 35.3 Å². The van der Waals surface area contributed by atoms with Crippen molar-refractivity contribution in [2.75, 3.05) is 7.11 Å². The number of ether oxygens (including phenoxy) is 2. The summed E-state index contributed by atoms with van der Waals surface area (Å²) in [5.41, 5.74) is 4.02. The molecule has 0 N–H and O–H groups in total. The summed E-state index contributed by atoms with van der Waals surface area (Å²) in [5.74, 6) is 1.20. The Morgan fingerprint density at radius 3 is 2.65 bits per heavy atom. The zero-order valence-corrected chi connectivity index (χ0v) is 14.1. The Morgan fingerprint density at radius 2 is 1.96 bits per heavy atom. The lowest BCUT2D eigenvalue weighted by atomic mass is 9.86. The van der Waals surface area contributed by atoms with Gasteiger partial charge < -0.3 is 13.9 Å². The second-order valence-electron chi connectivity index (χ2n) is 6.85. The zero-order chi connectivity index (χ0) is 16.6. The number of benzene rings is 1. The molecule has 0 saturated carbocycles. The summed E-state index contributed by atoms with van der Waals surface area (Å²) in [6, 6.07) is 6.07. The Kier molecular flexibility index (Phi) is 3.92. The molecule has 1 aliphatic rings. The van der Waals surface area contributed by atoms with E-state index in [1.54, 1.807) is 13.4 Å². The molecule has 0 amide bonds. The smallest absolute Gasteiger partial charge is 0.314 e. The summed E-state index contributed by atoms with van der Waals surface area (Å²) in [4.78, 5) is 12.1. The number of furan rings is 1. The van der Waals surface area contributed by atoms with E-state index >= 15 is 0 Å². The third-order valence-electron chi connectivity index (χ3n) is 3.92. The number of carbonyl (C=O) groups is 1. The monoisotopic (exact) mass is 314 g/mol. The normalized spacial score (nSPS) is 13.2. The number of carbonyl (C=O) groups excluding carboxylic acids is 1. The average molecular weight is 314 g/mol. The number of rotatable bonds is 3. The number of aryl methyl sites for hydroxylation is 2. The fraction of sp³-hybridized carbons (Fsp3) is 0.421. The van der Waals surface area contributed by atoms with Gasteiger partial charge in [-0.15, -0.1) is 0 Å². The lowest BCUT2D eigenvalue weighted by Gasteiger charge is -2.20. The van der Waals surface area contributed by atoms with Crippen molar-refractivity contribution in [1.29, 1.82) is 0 Å². The van der Waals surface area contributed by atoms with Gasteiger partial charge in [-0.2, -0.15) is 0 Å². The van der Waals surface area contributed by atoms with E-state index < -0.39 is 5.60 Å². The summed E-state index contributed by atoms with van der Waals surface area (Å²) in [5, 5.41) is 0. The Bertz CT molecular complexity index is 734. The minimum absolute atomic E-state index is 0.142. The van der Waals surface area contributed by atoms with Gasteiger partial charge in [0.05, 0.1) is 13.4 Å². The van der Waals surface area contributed by atoms with Crippen LogP contribution in [0.5, 0.6) is 5.75 Å². The second kappa shape index (κ2) is 5.76. The third-order valence-corrected chi connectivity index (χ3v) is 3.92. The van der Waals surface area contributed by atoms with Gasteiger partial charge >= 0.3 is 5.97 Å². The molecule has 3 rings (SSSR count). The molecule has 4 nitrogen and oxygen atoms in total. The third kappa shape index (κ3) is 3.26. The molecule has 23 heavy (non-hydrogen) atoms. The van der Waals surface area contributed by atoms with Crippen molar-refractivity contribution in [2.24, 2.45) is 0 Å². The van der Waals surface area contributed by atoms with Crippen LogP contribution in [0.4, 0.5) is 0 Å². The second-order valence-corrected chi connectivity index (χ2v) is 6.85. The van der Waals surface area contributed by atoms with Gasteiger partial charge in [0.2, 0.25) is 0 Å². The highest BCUT2D eigenvalue weighted by Gasteiger charge is 2.26. The van der Waals surface area contributed by atoms with Crippen LogP contribution in [0, 0.1) is 0 Å². The van der Waals surface area contributed by atoms with E-state index in [1.807, 2.05) is 32.9 Å². The number of esters is 1. The van der Waals surface area contributed by atoms with Gasteiger partial charge in [-0.3, -0.25) is 4.79 Å². The molecule has 122 valence electrons. The number of methoxy groups -OCH3 is 1. The lowest BCUT2D eigenvalue weighted by molar-refractivity contribution is -0.154. The quantitative estimate of drug-likeness (QED) is 0.805. The summed E-state index contributed by atoms with van der Waals surface area (Å²) >= 11 is 0. The first-order chi connectivity index (χ1) is 10.9. The number of fused-ring (bicyclic) bond motifs is 3. The van der Waals surface area contributed by atoms with Gasteiger partial charge in [0.1, 0.15) is 23.5 Å². The van der Waals surface area contributed by atoms with Gasteiger partial charge in [-0.1, -0.05) is 6.07 Å². The summed E-state index contributed by atoms with van der Waals surface area (Å²) in [7, 11) is 1.66. The van der Waals surface area contributed by atoms with Gasteiger partial charge in [-0.05, 0) is 62.4 Å². The highest BCUT2D eigenvalue weighted by Crippen LogP contribution is 2.39. The molecule has 2 aromatic rings. The van der Waals surface area contributed by atoms with Gasteiger partial charge in [0, 0.05) is 5.56 Å². The molecule has 0 aliphatic heterocycles. The van der Waals surface area contributed by atoms with E-state index in [4.69, 9.17) is 13.9 Å².